The zero-order valence-electron chi connectivity index (χ0n) is 9.69. The summed E-state index contributed by atoms with van der Waals surface area (Å²) in [5, 5.41) is 0. The Bertz CT molecular complexity index is 378. The van der Waals surface area contributed by atoms with E-state index in [9.17, 15) is 0 Å². The van der Waals surface area contributed by atoms with E-state index in [2.05, 4.69) is 0 Å². The normalized spacial score (nSPS) is 16.4. The van der Waals surface area contributed by atoms with Crippen LogP contribution in [-0.4, -0.2) is 13.0 Å². The second-order valence-corrected chi connectivity index (χ2v) is 4.16. The fraction of sp³-hybridized carbons (Fsp3) is 0.385. The highest BCUT2D eigenvalue weighted by Gasteiger charge is 2.37. The van der Waals surface area contributed by atoms with Gasteiger partial charge in [-0.15, -0.1) is 11.6 Å². The summed E-state index contributed by atoms with van der Waals surface area (Å²) in [4.78, 5) is 0. The molecule has 0 N–H and O–H groups in total. The molecule has 0 aliphatic carbocycles. The Labute approximate surface area is 106 Å². The third kappa shape index (κ3) is 2.50. The molecule has 4 heteroatoms. The first-order valence-corrected chi connectivity index (χ1v) is 6.05. The van der Waals surface area contributed by atoms with E-state index in [1.807, 2.05) is 24.3 Å². The summed E-state index contributed by atoms with van der Waals surface area (Å²) in [6, 6.07) is 7.67. The second-order valence-electron chi connectivity index (χ2n) is 3.78. The van der Waals surface area contributed by atoms with Gasteiger partial charge in [-0.05, 0) is 30.7 Å². The topological polar surface area (TPSA) is 27.7 Å². The molecule has 0 saturated heterocycles. The van der Waals surface area contributed by atoms with Crippen LogP contribution in [0.2, 0.25) is 0 Å². The fourth-order valence-corrected chi connectivity index (χ4v) is 1.98. The summed E-state index contributed by atoms with van der Waals surface area (Å²) in [7, 11) is 1.64. The van der Waals surface area contributed by atoms with E-state index in [1.165, 1.54) is 0 Å². The molecule has 1 aliphatic heterocycles. The number of rotatable bonds is 5. The molecule has 0 saturated carbocycles. The minimum atomic E-state index is -0.721. The van der Waals surface area contributed by atoms with Gasteiger partial charge in [0.15, 0.2) is 0 Å². The molecular formula is C13H15ClO3. The highest BCUT2D eigenvalue weighted by Crippen LogP contribution is 2.37. The van der Waals surface area contributed by atoms with Crippen LogP contribution in [0.15, 0.2) is 36.8 Å². The van der Waals surface area contributed by atoms with Gasteiger partial charge in [-0.25, -0.2) is 0 Å². The maximum Gasteiger partial charge on any atom is 0.276 e. The average molecular weight is 255 g/mol. The van der Waals surface area contributed by atoms with Crippen LogP contribution in [0.1, 0.15) is 18.4 Å². The molecule has 1 heterocycles. The van der Waals surface area contributed by atoms with Crippen LogP contribution in [0.3, 0.4) is 0 Å². The maximum absolute atomic E-state index is 5.73. The first kappa shape index (κ1) is 12.1. The first-order valence-electron chi connectivity index (χ1n) is 5.52. The predicted octanol–water partition coefficient (Wildman–Crippen LogP) is 3.39. The van der Waals surface area contributed by atoms with E-state index in [4.69, 9.17) is 25.8 Å². The van der Waals surface area contributed by atoms with E-state index in [1.54, 1.807) is 19.6 Å². The van der Waals surface area contributed by atoms with Gasteiger partial charge in [0.1, 0.15) is 18.3 Å². The standard InChI is InChI=1S/C13H15ClO3/c1-15-12-5-3-11(4-6-12)13(7-2-8-14)16-9-10-17-13/h3-6,9-10H,2,7-8H2,1H3. The fourth-order valence-electron chi connectivity index (χ4n) is 1.85. The number of methoxy groups -OCH3 is 1. The number of ether oxygens (including phenoxy) is 3. The molecule has 0 unspecified atom stereocenters. The summed E-state index contributed by atoms with van der Waals surface area (Å²) in [5.41, 5.74) is 0.966. The summed E-state index contributed by atoms with van der Waals surface area (Å²) in [5.74, 6) is 0.679. The van der Waals surface area contributed by atoms with E-state index >= 15 is 0 Å². The Kier molecular flexibility index (Phi) is 3.79. The number of hydrogen-bond acceptors (Lipinski definition) is 3. The van der Waals surface area contributed by atoms with Gasteiger partial charge in [0, 0.05) is 17.9 Å². The van der Waals surface area contributed by atoms with Crippen LogP contribution in [0.4, 0.5) is 0 Å². The van der Waals surface area contributed by atoms with E-state index < -0.39 is 5.79 Å². The van der Waals surface area contributed by atoms with Gasteiger partial charge in [-0.2, -0.15) is 0 Å². The number of benzene rings is 1. The van der Waals surface area contributed by atoms with Crippen LogP contribution < -0.4 is 4.74 Å². The monoisotopic (exact) mass is 254 g/mol. The van der Waals surface area contributed by atoms with Gasteiger partial charge in [0.2, 0.25) is 0 Å². The third-order valence-corrected chi connectivity index (χ3v) is 3.01. The minimum Gasteiger partial charge on any atom is -0.497 e. The van der Waals surface area contributed by atoms with Crippen molar-refractivity contribution in [3.63, 3.8) is 0 Å². The van der Waals surface area contributed by atoms with Crippen molar-refractivity contribution < 1.29 is 14.2 Å². The SMILES string of the molecule is COc1ccc(C2(CCCCl)OC=CO2)cc1. The van der Waals surface area contributed by atoms with Crippen molar-refractivity contribution in [1.82, 2.24) is 0 Å². The molecule has 0 fully saturated rings. The molecule has 3 nitrogen and oxygen atoms in total. The van der Waals surface area contributed by atoms with Gasteiger partial charge in [-0.3, -0.25) is 0 Å². The van der Waals surface area contributed by atoms with Gasteiger partial charge < -0.3 is 14.2 Å². The van der Waals surface area contributed by atoms with Crippen molar-refractivity contribution in [2.45, 2.75) is 18.6 Å². The lowest BCUT2D eigenvalue weighted by Crippen LogP contribution is -2.27. The van der Waals surface area contributed by atoms with Gasteiger partial charge in [0.05, 0.1) is 7.11 Å². The molecule has 1 aromatic rings. The molecule has 0 amide bonds. The molecule has 1 aliphatic rings. The highest BCUT2D eigenvalue weighted by molar-refractivity contribution is 6.17. The molecule has 2 rings (SSSR count). The van der Waals surface area contributed by atoms with Crippen LogP contribution in [0.25, 0.3) is 0 Å². The lowest BCUT2D eigenvalue weighted by molar-refractivity contribution is -0.155. The zero-order valence-corrected chi connectivity index (χ0v) is 10.4. The van der Waals surface area contributed by atoms with Crippen LogP contribution in [-0.2, 0) is 15.3 Å². The smallest absolute Gasteiger partial charge is 0.276 e. The predicted molar refractivity (Wildman–Crippen MR) is 65.9 cm³/mol. The van der Waals surface area contributed by atoms with Gasteiger partial charge in [-0.1, -0.05) is 0 Å². The minimum absolute atomic E-state index is 0.588. The van der Waals surface area contributed by atoms with E-state index in [0.29, 0.717) is 5.88 Å². The largest absolute Gasteiger partial charge is 0.497 e. The van der Waals surface area contributed by atoms with Crippen molar-refractivity contribution in [1.29, 1.82) is 0 Å². The second kappa shape index (κ2) is 5.32. The van der Waals surface area contributed by atoms with Crippen molar-refractivity contribution in [3.05, 3.63) is 42.4 Å². The Morgan fingerprint density at radius 3 is 2.35 bits per heavy atom. The Hall–Kier alpha value is -1.35. The molecule has 1 aromatic carbocycles. The quantitative estimate of drug-likeness (QED) is 0.754. The Morgan fingerprint density at radius 1 is 1.18 bits per heavy atom. The zero-order chi connectivity index (χ0) is 12.1. The molecule has 0 radical (unpaired) electrons. The first-order chi connectivity index (χ1) is 8.30. The molecule has 0 aromatic heterocycles. The molecule has 92 valence electrons. The third-order valence-electron chi connectivity index (χ3n) is 2.74. The summed E-state index contributed by atoms with van der Waals surface area (Å²) < 4.78 is 16.3. The average Bonchev–Trinajstić information content (AvgIpc) is 2.86. The lowest BCUT2D eigenvalue weighted by Gasteiger charge is -2.28. The van der Waals surface area contributed by atoms with Crippen molar-refractivity contribution in [2.75, 3.05) is 13.0 Å². The number of halogens is 1. The van der Waals surface area contributed by atoms with Gasteiger partial charge in [0.25, 0.3) is 5.79 Å². The number of alkyl halides is 1. The molecule has 0 spiro atoms. The van der Waals surface area contributed by atoms with Crippen LogP contribution in [0.5, 0.6) is 5.75 Å². The van der Waals surface area contributed by atoms with E-state index in [0.717, 1.165) is 24.2 Å². The number of hydrogen-bond donors (Lipinski definition) is 0. The van der Waals surface area contributed by atoms with E-state index in [-0.39, 0.29) is 0 Å². The van der Waals surface area contributed by atoms with Crippen molar-refractivity contribution in [2.24, 2.45) is 0 Å². The highest BCUT2D eigenvalue weighted by atomic mass is 35.5. The molecule has 0 bridgehead atoms. The summed E-state index contributed by atoms with van der Waals surface area (Å²) in [6.45, 7) is 0. The molecule has 17 heavy (non-hydrogen) atoms. The Balaban J connectivity index is 2.19. The van der Waals surface area contributed by atoms with Crippen molar-refractivity contribution >= 4 is 11.6 Å². The van der Waals surface area contributed by atoms with Crippen molar-refractivity contribution in [3.8, 4) is 5.75 Å². The lowest BCUT2D eigenvalue weighted by atomic mass is 10.0. The maximum atomic E-state index is 5.73. The Morgan fingerprint density at radius 2 is 1.82 bits per heavy atom. The molecule has 0 atom stereocenters. The van der Waals surface area contributed by atoms with Gasteiger partial charge >= 0.3 is 0 Å². The molecular weight excluding hydrogens is 240 g/mol. The van der Waals surface area contributed by atoms with Crippen LogP contribution in [0, 0.1) is 0 Å². The summed E-state index contributed by atoms with van der Waals surface area (Å²) >= 11 is 5.73. The van der Waals surface area contributed by atoms with Crippen LogP contribution >= 0.6 is 11.6 Å². The summed E-state index contributed by atoms with van der Waals surface area (Å²) in [6.07, 6.45) is 4.68.